The number of hydrogen-bond donors (Lipinski definition) is 0. The van der Waals surface area contributed by atoms with Crippen molar-refractivity contribution in [2.75, 3.05) is 13.7 Å². The number of rotatable bonds is 1. The number of piperidine rings is 1. The minimum Gasteiger partial charge on any atom is -0.465 e. The highest BCUT2D eigenvalue weighted by molar-refractivity contribution is 5.78. The van der Waals surface area contributed by atoms with Gasteiger partial charge in [0, 0.05) is 24.9 Å². The molecule has 0 aromatic carbocycles. The van der Waals surface area contributed by atoms with E-state index < -0.39 is 0 Å². The van der Waals surface area contributed by atoms with E-state index in [4.69, 9.17) is 16.0 Å². The molecule has 0 aliphatic carbocycles. The molecule has 0 aromatic rings. The lowest BCUT2D eigenvalue weighted by Gasteiger charge is -2.40. The molecule has 1 spiro atoms. The molecule has 0 N–H and O–H groups in total. The van der Waals surface area contributed by atoms with Crippen LogP contribution in [-0.2, 0) is 9.57 Å². The van der Waals surface area contributed by atoms with Crippen molar-refractivity contribution in [2.24, 2.45) is 5.16 Å². The maximum absolute atomic E-state index is 5.69. The van der Waals surface area contributed by atoms with Crippen LogP contribution in [0.1, 0.15) is 32.1 Å². The molecule has 3 aliphatic rings. The lowest BCUT2D eigenvalue weighted by Crippen LogP contribution is -2.49. The van der Waals surface area contributed by atoms with Crippen molar-refractivity contribution in [3.63, 3.8) is 0 Å². The Hall–Kier alpha value is -1.21. The number of oxime groups is 1. The Balaban J connectivity index is 1.65. The number of ether oxygens (including phenoxy) is 1. The average Bonchev–Trinajstić information content (AvgIpc) is 2.78. The first kappa shape index (κ1) is 10.9. The quantitative estimate of drug-likeness (QED) is 0.643. The molecule has 3 heterocycles. The maximum atomic E-state index is 5.69. The van der Waals surface area contributed by atoms with Crippen molar-refractivity contribution >= 4 is 5.90 Å². The van der Waals surface area contributed by atoms with E-state index in [0.717, 1.165) is 19.3 Å². The van der Waals surface area contributed by atoms with Crippen molar-refractivity contribution < 1.29 is 9.57 Å². The fourth-order valence-electron chi connectivity index (χ4n) is 3.43. The van der Waals surface area contributed by atoms with E-state index in [0.29, 0.717) is 18.0 Å². The summed E-state index contributed by atoms with van der Waals surface area (Å²) in [5.74, 6) is 3.13. The summed E-state index contributed by atoms with van der Waals surface area (Å²) in [6.07, 6.45) is 10.7. The summed E-state index contributed by atoms with van der Waals surface area (Å²) in [7, 11) is 2.22. The minimum absolute atomic E-state index is 0.109. The lowest BCUT2D eigenvalue weighted by molar-refractivity contribution is -0.0789. The van der Waals surface area contributed by atoms with Crippen LogP contribution in [0.5, 0.6) is 0 Å². The van der Waals surface area contributed by atoms with E-state index in [1.807, 2.05) is 0 Å². The average molecular weight is 234 g/mol. The van der Waals surface area contributed by atoms with Gasteiger partial charge in [-0.3, -0.25) is 0 Å². The Morgan fingerprint density at radius 2 is 2.24 bits per heavy atom. The molecule has 3 rings (SSSR count). The van der Waals surface area contributed by atoms with E-state index in [1.54, 1.807) is 0 Å². The highest BCUT2D eigenvalue weighted by Gasteiger charge is 2.51. The summed E-state index contributed by atoms with van der Waals surface area (Å²) in [4.78, 5) is 8.18. The van der Waals surface area contributed by atoms with E-state index >= 15 is 0 Å². The molecule has 92 valence electrons. The zero-order chi connectivity index (χ0) is 11.9. The molecule has 0 saturated carbocycles. The van der Waals surface area contributed by atoms with Crippen LogP contribution < -0.4 is 0 Å². The summed E-state index contributed by atoms with van der Waals surface area (Å²) in [6.45, 7) is 0.283. The summed E-state index contributed by atoms with van der Waals surface area (Å²) in [5, 5.41) is 4.05. The van der Waals surface area contributed by atoms with E-state index in [1.165, 1.54) is 12.8 Å². The van der Waals surface area contributed by atoms with Gasteiger partial charge in [-0.2, -0.15) is 0 Å². The number of terminal acetylenes is 1. The number of hydrogen-bond acceptors (Lipinski definition) is 4. The summed E-state index contributed by atoms with van der Waals surface area (Å²) < 4.78 is 5.37. The molecular weight excluding hydrogens is 216 g/mol. The molecule has 2 bridgehead atoms. The third kappa shape index (κ3) is 1.79. The highest BCUT2D eigenvalue weighted by atomic mass is 16.7. The van der Waals surface area contributed by atoms with Crippen molar-refractivity contribution in [1.29, 1.82) is 0 Å². The molecular formula is C13H18N2O2. The molecule has 17 heavy (non-hydrogen) atoms. The molecule has 4 heteroatoms. The summed E-state index contributed by atoms with van der Waals surface area (Å²) in [6, 6.07) is 1.30. The van der Waals surface area contributed by atoms with Gasteiger partial charge in [-0.15, -0.1) is 6.42 Å². The second-order valence-electron chi connectivity index (χ2n) is 5.39. The van der Waals surface area contributed by atoms with Gasteiger partial charge in [0.05, 0.1) is 6.42 Å². The van der Waals surface area contributed by atoms with Gasteiger partial charge in [0.25, 0.3) is 0 Å². The SMILES string of the molecule is C#CCOC1=NOC2(C1)C[C@H]1CC[C@@H](C2)N1C. The fraction of sp³-hybridized carbons (Fsp3) is 0.769. The number of fused-ring (bicyclic) bond motifs is 2. The number of nitrogens with zero attached hydrogens (tertiary/aromatic N) is 2. The fourth-order valence-corrected chi connectivity index (χ4v) is 3.43. The van der Waals surface area contributed by atoms with E-state index in [2.05, 4.69) is 23.0 Å². The molecule has 0 amide bonds. The van der Waals surface area contributed by atoms with Gasteiger partial charge in [-0.05, 0) is 19.9 Å². The molecule has 3 atom stereocenters. The topological polar surface area (TPSA) is 34.1 Å². The largest absolute Gasteiger partial charge is 0.465 e. The Kier molecular flexibility index (Phi) is 2.52. The van der Waals surface area contributed by atoms with Crippen LogP contribution in [0.15, 0.2) is 5.16 Å². The van der Waals surface area contributed by atoms with Crippen molar-refractivity contribution in [3.05, 3.63) is 0 Å². The second kappa shape index (κ2) is 3.92. The normalized spacial score (nSPS) is 39.9. The molecule has 1 unspecified atom stereocenters. The first-order valence-corrected chi connectivity index (χ1v) is 6.26. The van der Waals surface area contributed by atoms with Crippen LogP contribution in [-0.4, -0.2) is 42.1 Å². The van der Waals surface area contributed by atoms with Gasteiger partial charge in [-0.25, -0.2) is 0 Å². The summed E-state index contributed by atoms with van der Waals surface area (Å²) >= 11 is 0. The lowest BCUT2D eigenvalue weighted by atomic mass is 9.84. The van der Waals surface area contributed by atoms with E-state index in [-0.39, 0.29) is 12.2 Å². The molecule has 4 nitrogen and oxygen atoms in total. The first-order chi connectivity index (χ1) is 8.22. The van der Waals surface area contributed by atoms with Crippen molar-refractivity contribution in [3.8, 4) is 12.3 Å². The van der Waals surface area contributed by atoms with Gasteiger partial charge in [0.15, 0.2) is 0 Å². The Bertz CT molecular complexity index is 371. The van der Waals surface area contributed by atoms with Crippen molar-refractivity contribution in [1.82, 2.24) is 4.90 Å². The molecule has 3 aliphatic heterocycles. The summed E-state index contributed by atoms with van der Waals surface area (Å²) in [5.41, 5.74) is -0.109. The van der Waals surface area contributed by atoms with Crippen LogP contribution >= 0.6 is 0 Å². The smallest absolute Gasteiger partial charge is 0.230 e. The molecule has 0 radical (unpaired) electrons. The van der Waals surface area contributed by atoms with Crippen LogP contribution in [0.4, 0.5) is 0 Å². The van der Waals surface area contributed by atoms with Crippen LogP contribution in [0, 0.1) is 12.3 Å². The standard InChI is InChI=1S/C13H18N2O2/c1-3-6-16-12-9-13(17-14-12)7-10-4-5-11(8-13)15(10)2/h1,10-11H,4-9H2,2H3/t10-,11+,13?. The minimum atomic E-state index is -0.109. The predicted molar refractivity (Wildman–Crippen MR) is 64.5 cm³/mol. The van der Waals surface area contributed by atoms with Crippen molar-refractivity contribution in [2.45, 2.75) is 49.8 Å². The van der Waals surface area contributed by atoms with E-state index in [9.17, 15) is 0 Å². The Morgan fingerprint density at radius 3 is 2.88 bits per heavy atom. The third-order valence-electron chi connectivity index (χ3n) is 4.34. The Morgan fingerprint density at radius 1 is 1.53 bits per heavy atom. The third-order valence-corrected chi connectivity index (χ3v) is 4.34. The first-order valence-electron chi connectivity index (χ1n) is 6.26. The van der Waals surface area contributed by atoms with Crippen LogP contribution in [0.3, 0.4) is 0 Å². The van der Waals surface area contributed by atoms with Gasteiger partial charge in [-0.1, -0.05) is 11.1 Å². The van der Waals surface area contributed by atoms with Crippen LogP contribution in [0.25, 0.3) is 0 Å². The van der Waals surface area contributed by atoms with Gasteiger partial charge in [0.2, 0.25) is 5.90 Å². The predicted octanol–water partition coefficient (Wildman–Crippen LogP) is 1.37. The van der Waals surface area contributed by atoms with Gasteiger partial charge < -0.3 is 14.5 Å². The molecule has 0 aromatic heterocycles. The van der Waals surface area contributed by atoms with Crippen LogP contribution in [0.2, 0.25) is 0 Å². The maximum Gasteiger partial charge on any atom is 0.230 e. The highest BCUT2D eigenvalue weighted by Crippen LogP contribution is 2.45. The monoisotopic (exact) mass is 234 g/mol. The van der Waals surface area contributed by atoms with Gasteiger partial charge in [0.1, 0.15) is 12.2 Å². The molecule has 2 saturated heterocycles. The second-order valence-corrected chi connectivity index (χ2v) is 5.39. The van der Waals surface area contributed by atoms with Gasteiger partial charge >= 0.3 is 0 Å². The Labute approximate surface area is 102 Å². The zero-order valence-electron chi connectivity index (χ0n) is 10.2. The molecule has 2 fully saturated rings. The zero-order valence-corrected chi connectivity index (χ0v) is 10.2.